The first-order valence-corrected chi connectivity index (χ1v) is 5.29. The monoisotopic (exact) mass is 237 g/mol. The van der Waals surface area contributed by atoms with Crippen molar-refractivity contribution in [2.45, 2.75) is 13.8 Å². The molecule has 0 atom stereocenters. The first-order chi connectivity index (χ1) is 7.54. The summed E-state index contributed by atoms with van der Waals surface area (Å²) < 4.78 is 5.23. The zero-order chi connectivity index (χ0) is 11.9. The van der Waals surface area contributed by atoms with Gasteiger partial charge in [0.15, 0.2) is 5.78 Å². The zero-order valence-corrected chi connectivity index (χ0v) is 10.1. The highest BCUT2D eigenvalue weighted by molar-refractivity contribution is 6.31. The number of ether oxygens (including phenoxy) is 1. The lowest BCUT2D eigenvalue weighted by Gasteiger charge is -2.02. The summed E-state index contributed by atoms with van der Waals surface area (Å²) in [4.78, 5) is 14.5. The fourth-order valence-corrected chi connectivity index (χ4v) is 2.08. The summed E-state index contributed by atoms with van der Waals surface area (Å²) in [5.41, 5.74) is 2.33. The number of benzene rings is 1. The smallest absolute Gasteiger partial charge is 0.176 e. The Kier molecular flexibility index (Phi) is 2.64. The van der Waals surface area contributed by atoms with Gasteiger partial charge in [-0.1, -0.05) is 11.6 Å². The van der Waals surface area contributed by atoms with Crippen LogP contribution in [0, 0.1) is 6.92 Å². The third-order valence-electron chi connectivity index (χ3n) is 2.67. The fraction of sp³-hybridized carbons (Fsp3) is 0.250. The Labute approximate surface area is 98.4 Å². The molecular weight excluding hydrogens is 226 g/mol. The molecule has 1 aromatic carbocycles. The van der Waals surface area contributed by atoms with Crippen molar-refractivity contribution in [2.75, 3.05) is 7.11 Å². The van der Waals surface area contributed by atoms with E-state index in [1.807, 2.05) is 13.0 Å². The van der Waals surface area contributed by atoms with Gasteiger partial charge in [0.25, 0.3) is 0 Å². The van der Waals surface area contributed by atoms with Gasteiger partial charge in [-0.2, -0.15) is 0 Å². The van der Waals surface area contributed by atoms with E-state index < -0.39 is 0 Å². The van der Waals surface area contributed by atoms with Gasteiger partial charge in [0.2, 0.25) is 0 Å². The number of Topliss-reactive ketones (excluding diaryl/α,β-unsaturated/α-hetero) is 1. The number of carbonyl (C=O) groups is 1. The zero-order valence-electron chi connectivity index (χ0n) is 9.35. The van der Waals surface area contributed by atoms with Gasteiger partial charge in [-0.3, -0.25) is 4.79 Å². The molecule has 0 bridgehead atoms. The molecule has 0 aliphatic rings. The second kappa shape index (κ2) is 3.83. The molecular formula is C12H12ClNO2. The van der Waals surface area contributed by atoms with Crippen molar-refractivity contribution in [3.05, 3.63) is 28.4 Å². The molecule has 0 aliphatic carbocycles. The summed E-state index contributed by atoms with van der Waals surface area (Å²) >= 11 is 5.98. The SMILES string of the molecule is COc1cc(Cl)cc2c(C)c(C(C)=O)[nH]c12. The van der Waals surface area contributed by atoms with Crippen molar-refractivity contribution in [1.82, 2.24) is 4.98 Å². The van der Waals surface area contributed by atoms with Gasteiger partial charge < -0.3 is 9.72 Å². The maximum atomic E-state index is 11.4. The molecule has 1 N–H and O–H groups in total. The number of H-pyrrole nitrogens is 1. The van der Waals surface area contributed by atoms with E-state index in [-0.39, 0.29) is 5.78 Å². The lowest BCUT2D eigenvalue weighted by molar-refractivity contribution is 0.101. The summed E-state index contributed by atoms with van der Waals surface area (Å²) in [5, 5.41) is 1.52. The van der Waals surface area contributed by atoms with Crippen molar-refractivity contribution in [3.63, 3.8) is 0 Å². The Hall–Kier alpha value is -1.48. The van der Waals surface area contributed by atoms with Gasteiger partial charge in [0.1, 0.15) is 5.75 Å². The number of carbonyl (C=O) groups excluding carboxylic acids is 1. The second-order valence-electron chi connectivity index (χ2n) is 3.71. The van der Waals surface area contributed by atoms with E-state index in [0.29, 0.717) is 16.5 Å². The molecule has 16 heavy (non-hydrogen) atoms. The fourth-order valence-electron chi connectivity index (χ4n) is 1.87. The van der Waals surface area contributed by atoms with Crippen LogP contribution in [0.3, 0.4) is 0 Å². The molecule has 84 valence electrons. The van der Waals surface area contributed by atoms with Gasteiger partial charge in [0.05, 0.1) is 18.3 Å². The van der Waals surface area contributed by atoms with Crippen LogP contribution in [0.2, 0.25) is 5.02 Å². The molecule has 0 radical (unpaired) electrons. The number of methoxy groups -OCH3 is 1. The lowest BCUT2D eigenvalue weighted by atomic mass is 10.1. The van der Waals surface area contributed by atoms with Crippen LogP contribution in [0.5, 0.6) is 5.75 Å². The topological polar surface area (TPSA) is 42.1 Å². The van der Waals surface area contributed by atoms with Crippen LogP contribution in [-0.4, -0.2) is 17.9 Å². The number of aromatic amines is 1. The molecule has 3 nitrogen and oxygen atoms in total. The van der Waals surface area contributed by atoms with Crippen molar-refractivity contribution >= 4 is 28.3 Å². The summed E-state index contributed by atoms with van der Waals surface area (Å²) in [7, 11) is 1.58. The highest BCUT2D eigenvalue weighted by atomic mass is 35.5. The molecule has 4 heteroatoms. The van der Waals surface area contributed by atoms with Crippen LogP contribution in [0.15, 0.2) is 12.1 Å². The van der Waals surface area contributed by atoms with Gasteiger partial charge in [-0.05, 0) is 18.6 Å². The third-order valence-corrected chi connectivity index (χ3v) is 2.89. The molecule has 2 aromatic rings. The van der Waals surface area contributed by atoms with Crippen molar-refractivity contribution in [1.29, 1.82) is 0 Å². The average molecular weight is 238 g/mol. The Bertz CT molecular complexity index is 572. The number of fused-ring (bicyclic) bond motifs is 1. The van der Waals surface area contributed by atoms with Gasteiger partial charge in [-0.15, -0.1) is 0 Å². The van der Waals surface area contributed by atoms with Crippen molar-refractivity contribution < 1.29 is 9.53 Å². The minimum Gasteiger partial charge on any atom is -0.495 e. The molecule has 2 rings (SSSR count). The molecule has 0 aliphatic heterocycles. The number of aromatic nitrogens is 1. The minimum absolute atomic E-state index is 0.00637. The highest BCUT2D eigenvalue weighted by Crippen LogP contribution is 2.32. The maximum absolute atomic E-state index is 11.4. The van der Waals surface area contributed by atoms with E-state index >= 15 is 0 Å². The molecule has 1 aromatic heterocycles. The van der Waals surface area contributed by atoms with E-state index in [4.69, 9.17) is 16.3 Å². The summed E-state index contributed by atoms with van der Waals surface area (Å²) in [5.74, 6) is 0.657. The molecule has 0 unspecified atom stereocenters. The third kappa shape index (κ3) is 1.57. The largest absolute Gasteiger partial charge is 0.495 e. The number of halogens is 1. The molecule has 0 saturated carbocycles. The molecule has 0 spiro atoms. The van der Waals surface area contributed by atoms with Crippen molar-refractivity contribution in [2.24, 2.45) is 0 Å². The van der Waals surface area contributed by atoms with Crippen LogP contribution in [0.1, 0.15) is 23.0 Å². The van der Waals surface area contributed by atoms with E-state index in [0.717, 1.165) is 16.5 Å². The molecule has 1 heterocycles. The molecule has 0 fully saturated rings. The number of nitrogens with one attached hydrogen (secondary N) is 1. The summed E-state index contributed by atoms with van der Waals surface area (Å²) in [6, 6.07) is 3.56. The van der Waals surface area contributed by atoms with Gasteiger partial charge >= 0.3 is 0 Å². The highest BCUT2D eigenvalue weighted by Gasteiger charge is 2.14. The molecule has 0 amide bonds. The molecule has 0 saturated heterocycles. The number of aryl methyl sites for hydroxylation is 1. The van der Waals surface area contributed by atoms with E-state index in [2.05, 4.69) is 4.98 Å². The number of rotatable bonds is 2. The van der Waals surface area contributed by atoms with E-state index in [9.17, 15) is 4.79 Å². The first-order valence-electron chi connectivity index (χ1n) is 4.91. The predicted octanol–water partition coefficient (Wildman–Crippen LogP) is 3.34. The van der Waals surface area contributed by atoms with Gasteiger partial charge in [-0.25, -0.2) is 0 Å². The maximum Gasteiger partial charge on any atom is 0.176 e. The summed E-state index contributed by atoms with van der Waals surface area (Å²) in [6.45, 7) is 3.43. The van der Waals surface area contributed by atoms with Crippen molar-refractivity contribution in [3.8, 4) is 5.75 Å². The first kappa shape index (κ1) is 11.0. The van der Waals surface area contributed by atoms with Crippen LogP contribution in [0.25, 0.3) is 10.9 Å². The minimum atomic E-state index is 0.00637. The Morgan fingerprint density at radius 1 is 1.44 bits per heavy atom. The average Bonchev–Trinajstić information content (AvgIpc) is 2.55. The number of hydrogen-bond donors (Lipinski definition) is 1. The van der Waals surface area contributed by atoms with E-state index in [1.165, 1.54) is 6.92 Å². The quantitative estimate of drug-likeness (QED) is 0.814. The Balaban J connectivity index is 2.85. The Morgan fingerprint density at radius 3 is 2.69 bits per heavy atom. The number of hydrogen-bond acceptors (Lipinski definition) is 2. The van der Waals surface area contributed by atoms with Crippen LogP contribution in [0.4, 0.5) is 0 Å². The normalized spacial score (nSPS) is 10.8. The van der Waals surface area contributed by atoms with Gasteiger partial charge in [0, 0.05) is 23.4 Å². The lowest BCUT2D eigenvalue weighted by Crippen LogP contribution is -1.93. The number of ketones is 1. The predicted molar refractivity (Wildman–Crippen MR) is 64.6 cm³/mol. The van der Waals surface area contributed by atoms with Crippen LogP contribution in [-0.2, 0) is 0 Å². The van der Waals surface area contributed by atoms with E-state index in [1.54, 1.807) is 13.2 Å². The Morgan fingerprint density at radius 2 is 2.12 bits per heavy atom. The second-order valence-corrected chi connectivity index (χ2v) is 4.15. The van der Waals surface area contributed by atoms with Crippen LogP contribution >= 0.6 is 11.6 Å². The van der Waals surface area contributed by atoms with Crippen LogP contribution < -0.4 is 4.74 Å². The summed E-state index contributed by atoms with van der Waals surface area (Å²) in [6.07, 6.45) is 0. The standard InChI is InChI=1S/C12H12ClNO2/c1-6-9-4-8(13)5-10(16-3)12(9)14-11(6)7(2)15/h4-5,14H,1-3H3.